The maximum absolute atomic E-state index is 12.3. The van der Waals surface area contributed by atoms with Crippen LogP contribution in [0.3, 0.4) is 0 Å². The molecule has 8 heteroatoms. The summed E-state index contributed by atoms with van der Waals surface area (Å²) in [6.07, 6.45) is 3.54. The number of aromatic nitrogens is 2. The zero-order valence-corrected chi connectivity index (χ0v) is 15.8. The summed E-state index contributed by atoms with van der Waals surface area (Å²) in [5.74, 6) is 0.977. The maximum Gasteiger partial charge on any atom is 0.243 e. The Morgan fingerprint density at radius 1 is 1.46 bits per heavy atom. The second-order valence-electron chi connectivity index (χ2n) is 6.53. The number of carbonyl (C=O) groups is 2. The molecule has 2 heterocycles. The van der Waals surface area contributed by atoms with Crippen LogP contribution in [0, 0.1) is 0 Å². The van der Waals surface area contributed by atoms with E-state index in [4.69, 9.17) is 4.74 Å². The maximum atomic E-state index is 12.3. The van der Waals surface area contributed by atoms with Gasteiger partial charge in [-0.2, -0.15) is 5.10 Å². The van der Waals surface area contributed by atoms with Gasteiger partial charge in [0, 0.05) is 24.1 Å². The number of nitrogens with zero attached hydrogens (tertiary/aromatic N) is 2. The van der Waals surface area contributed by atoms with Crippen LogP contribution in [0.2, 0.25) is 0 Å². The number of nitrogens with one attached hydrogen (secondary N) is 2. The van der Waals surface area contributed by atoms with Crippen molar-refractivity contribution in [1.29, 1.82) is 0 Å². The molecule has 2 amide bonds. The first kappa shape index (κ1) is 18.3. The molecule has 0 radical (unpaired) electrons. The third-order valence-electron chi connectivity index (χ3n) is 4.21. The smallest absolute Gasteiger partial charge is 0.243 e. The molecule has 0 bridgehead atoms. The number of rotatable bonds is 5. The van der Waals surface area contributed by atoms with Crippen molar-refractivity contribution in [3.05, 3.63) is 42.2 Å². The van der Waals surface area contributed by atoms with Crippen LogP contribution >= 0.6 is 11.8 Å². The molecule has 0 aliphatic carbocycles. The molecule has 1 fully saturated rings. The first-order valence-electron chi connectivity index (χ1n) is 8.30. The first-order valence-corrected chi connectivity index (χ1v) is 9.29. The van der Waals surface area contributed by atoms with Crippen LogP contribution in [0.25, 0.3) is 5.69 Å². The van der Waals surface area contributed by atoms with Crippen LogP contribution < -0.4 is 15.4 Å². The van der Waals surface area contributed by atoms with Gasteiger partial charge in [-0.1, -0.05) is 12.1 Å². The molecule has 2 aromatic rings. The van der Waals surface area contributed by atoms with Gasteiger partial charge in [0.1, 0.15) is 17.5 Å². The Labute approximate surface area is 156 Å². The molecular formula is C18H22N4O3S. The predicted octanol–water partition coefficient (Wildman–Crippen LogP) is 1.51. The molecule has 1 atom stereocenters. The van der Waals surface area contributed by atoms with Crippen LogP contribution in [0.5, 0.6) is 5.75 Å². The van der Waals surface area contributed by atoms with Crippen molar-refractivity contribution in [1.82, 2.24) is 20.4 Å². The number of carbonyl (C=O) groups excluding carboxylic acids is 2. The molecule has 1 aliphatic rings. The van der Waals surface area contributed by atoms with Crippen molar-refractivity contribution in [2.24, 2.45) is 0 Å². The molecule has 1 saturated heterocycles. The summed E-state index contributed by atoms with van der Waals surface area (Å²) >= 11 is 1.49. The normalized spacial score (nSPS) is 18.9. The lowest BCUT2D eigenvalue weighted by atomic mass is 10.1. The average molecular weight is 374 g/mol. The summed E-state index contributed by atoms with van der Waals surface area (Å²) in [4.78, 5) is 24.3. The molecule has 26 heavy (non-hydrogen) atoms. The van der Waals surface area contributed by atoms with Gasteiger partial charge in [-0.3, -0.25) is 9.59 Å². The zero-order valence-electron chi connectivity index (χ0n) is 15.0. The third kappa shape index (κ3) is 3.85. The predicted molar refractivity (Wildman–Crippen MR) is 100 cm³/mol. The Balaban J connectivity index is 1.60. The van der Waals surface area contributed by atoms with E-state index in [1.807, 2.05) is 44.3 Å². The number of hydrogen-bond acceptors (Lipinski definition) is 5. The topological polar surface area (TPSA) is 85.2 Å². The number of para-hydroxylation sites is 2. The van der Waals surface area contributed by atoms with Crippen LogP contribution in [0.15, 0.2) is 36.7 Å². The summed E-state index contributed by atoms with van der Waals surface area (Å²) < 4.78 is 6.56. The Morgan fingerprint density at radius 2 is 2.23 bits per heavy atom. The number of amides is 2. The highest BCUT2D eigenvalue weighted by Crippen LogP contribution is 2.29. The highest BCUT2D eigenvalue weighted by Gasteiger charge is 2.37. The summed E-state index contributed by atoms with van der Waals surface area (Å²) in [7, 11) is 1.61. The van der Waals surface area contributed by atoms with E-state index < -0.39 is 10.8 Å². The van der Waals surface area contributed by atoms with Crippen LogP contribution in [-0.2, 0) is 16.1 Å². The molecule has 7 nitrogen and oxygen atoms in total. The Bertz CT molecular complexity index is 818. The minimum absolute atomic E-state index is 0.113. The van der Waals surface area contributed by atoms with Gasteiger partial charge >= 0.3 is 0 Å². The standard InChI is InChI=1S/C18H22N4O3S/c1-18(2)17(24)21-13(11-26-18)16(23)19-8-12-9-20-22(10-12)14-6-4-5-7-15(14)25-3/h4-7,9-10,13H,8,11H2,1-3H3,(H,19,23)(H,21,24)/t13-/m0/s1. The second kappa shape index (κ2) is 7.41. The van der Waals surface area contributed by atoms with Crippen molar-refractivity contribution >= 4 is 23.6 Å². The minimum atomic E-state index is -0.509. The SMILES string of the molecule is COc1ccccc1-n1cc(CNC(=O)[C@@H]2CSC(C)(C)C(=O)N2)cn1. The van der Waals surface area contributed by atoms with Gasteiger partial charge in [-0.25, -0.2) is 4.68 Å². The van der Waals surface area contributed by atoms with Crippen molar-refractivity contribution in [2.45, 2.75) is 31.2 Å². The number of thioether (sulfide) groups is 1. The molecule has 1 aromatic heterocycles. The lowest BCUT2D eigenvalue weighted by Crippen LogP contribution is -2.56. The second-order valence-corrected chi connectivity index (χ2v) is 8.17. The molecule has 1 aromatic carbocycles. The number of hydrogen-bond donors (Lipinski definition) is 2. The molecule has 0 spiro atoms. The number of methoxy groups -OCH3 is 1. The number of benzene rings is 1. The van der Waals surface area contributed by atoms with E-state index in [0.29, 0.717) is 12.3 Å². The highest BCUT2D eigenvalue weighted by atomic mass is 32.2. The van der Waals surface area contributed by atoms with Crippen molar-refractivity contribution in [3.8, 4) is 11.4 Å². The lowest BCUT2D eigenvalue weighted by molar-refractivity contribution is -0.129. The van der Waals surface area contributed by atoms with Crippen molar-refractivity contribution in [3.63, 3.8) is 0 Å². The van der Waals surface area contributed by atoms with Gasteiger partial charge in [0.15, 0.2) is 0 Å². The third-order valence-corrected chi connectivity index (χ3v) is 5.62. The lowest BCUT2D eigenvalue weighted by Gasteiger charge is -2.32. The van der Waals surface area contributed by atoms with Gasteiger partial charge in [0.05, 0.1) is 18.1 Å². The van der Waals surface area contributed by atoms with Gasteiger partial charge in [0.25, 0.3) is 0 Å². The van der Waals surface area contributed by atoms with Gasteiger partial charge in [-0.05, 0) is 26.0 Å². The van der Waals surface area contributed by atoms with Gasteiger partial charge in [0.2, 0.25) is 11.8 Å². The average Bonchev–Trinajstić information content (AvgIpc) is 3.10. The molecule has 0 saturated carbocycles. The van der Waals surface area contributed by atoms with E-state index in [0.717, 1.165) is 17.0 Å². The largest absolute Gasteiger partial charge is 0.494 e. The van der Waals surface area contributed by atoms with Crippen LogP contribution in [-0.4, -0.2) is 45.2 Å². The highest BCUT2D eigenvalue weighted by molar-refractivity contribution is 8.01. The molecular weight excluding hydrogens is 352 g/mol. The zero-order chi connectivity index (χ0) is 18.7. The molecule has 138 valence electrons. The fourth-order valence-electron chi connectivity index (χ4n) is 2.59. The van der Waals surface area contributed by atoms with Crippen molar-refractivity contribution < 1.29 is 14.3 Å². The quantitative estimate of drug-likeness (QED) is 0.829. The van der Waals surface area contributed by atoms with Gasteiger partial charge in [-0.15, -0.1) is 11.8 Å². The molecule has 3 rings (SSSR count). The first-order chi connectivity index (χ1) is 12.4. The van der Waals surface area contributed by atoms with E-state index in [9.17, 15) is 9.59 Å². The fraction of sp³-hybridized carbons (Fsp3) is 0.389. The van der Waals surface area contributed by atoms with Crippen LogP contribution in [0.4, 0.5) is 0 Å². The Hall–Kier alpha value is -2.48. The van der Waals surface area contributed by atoms with E-state index in [2.05, 4.69) is 15.7 Å². The Kier molecular flexibility index (Phi) is 5.22. The van der Waals surface area contributed by atoms with E-state index in [1.54, 1.807) is 18.0 Å². The van der Waals surface area contributed by atoms with E-state index in [-0.39, 0.29) is 11.8 Å². The minimum Gasteiger partial charge on any atom is -0.494 e. The fourth-order valence-corrected chi connectivity index (χ4v) is 3.59. The summed E-state index contributed by atoms with van der Waals surface area (Å²) in [5.41, 5.74) is 1.69. The molecule has 1 aliphatic heterocycles. The molecule has 2 N–H and O–H groups in total. The van der Waals surface area contributed by atoms with Crippen LogP contribution in [0.1, 0.15) is 19.4 Å². The number of ether oxygens (including phenoxy) is 1. The van der Waals surface area contributed by atoms with E-state index in [1.165, 1.54) is 11.8 Å². The Morgan fingerprint density at radius 3 is 2.96 bits per heavy atom. The monoisotopic (exact) mass is 374 g/mol. The summed E-state index contributed by atoms with van der Waals surface area (Å²) in [6.45, 7) is 4.05. The van der Waals surface area contributed by atoms with Crippen molar-refractivity contribution in [2.75, 3.05) is 12.9 Å². The summed E-state index contributed by atoms with van der Waals surface area (Å²) in [6, 6.07) is 7.06. The molecule has 0 unspecified atom stereocenters. The van der Waals surface area contributed by atoms with Gasteiger partial charge < -0.3 is 15.4 Å². The summed E-state index contributed by atoms with van der Waals surface area (Å²) in [5, 5.41) is 9.97. The van der Waals surface area contributed by atoms with E-state index >= 15 is 0 Å².